The third-order valence-electron chi connectivity index (χ3n) is 3.10. The van der Waals surface area contributed by atoms with Crippen LogP contribution in [-0.4, -0.2) is 4.98 Å². The summed E-state index contributed by atoms with van der Waals surface area (Å²) in [6.07, 6.45) is 0. The zero-order valence-electron chi connectivity index (χ0n) is 10.0. The fourth-order valence-electron chi connectivity index (χ4n) is 2.14. The van der Waals surface area contributed by atoms with E-state index < -0.39 is 0 Å². The van der Waals surface area contributed by atoms with Gasteiger partial charge in [-0.15, -0.1) is 0 Å². The minimum atomic E-state index is 1.02. The second-order valence-corrected chi connectivity index (χ2v) is 5.08. The van der Waals surface area contributed by atoms with Gasteiger partial charge >= 0.3 is 0 Å². The molecule has 2 aromatic carbocycles. The van der Waals surface area contributed by atoms with Gasteiger partial charge in [-0.1, -0.05) is 48.5 Å². The number of rotatable bonds is 1. The van der Waals surface area contributed by atoms with Crippen molar-refractivity contribution < 1.29 is 0 Å². The monoisotopic (exact) mass is 297 g/mol. The van der Waals surface area contributed by atoms with E-state index >= 15 is 0 Å². The standard InChI is InChI=1S/C16H12BrN/c1-11-15(17)13-9-5-6-10-14(13)18-16(11)12-7-3-2-4-8-12/h2-10H,1H3. The van der Waals surface area contributed by atoms with E-state index in [9.17, 15) is 0 Å². The van der Waals surface area contributed by atoms with E-state index in [4.69, 9.17) is 4.98 Å². The van der Waals surface area contributed by atoms with E-state index in [0.717, 1.165) is 26.6 Å². The van der Waals surface area contributed by atoms with Gasteiger partial charge in [-0.3, -0.25) is 0 Å². The summed E-state index contributed by atoms with van der Waals surface area (Å²) < 4.78 is 1.13. The van der Waals surface area contributed by atoms with E-state index in [-0.39, 0.29) is 0 Å². The molecule has 0 aliphatic carbocycles. The Bertz CT molecular complexity index is 705. The average molecular weight is 298 g/mol. The largest absolute Gasteiger partial charge is 0.247 e. The van der Waals surface area contributed by atoms with Crippen molar-refractivity contribution in [1.29, 1.82) is 0 Å². The highest BCUT2D eigenvalue weighted by molar-refractivity contribution is 9.10. The number of para-hydroxylation sites is 1. The summed E-state index contributed by atoms with van der Waals surface area (Å²) in [7, 11) is 0. The smallest absolute Gasteiger partial charge is 0.0750 e. The third kappa shape index (κ3) is 1.83. The minimum absolute atomic E-state index is 1.02. The number of aromatic nitrogens is 1. The number of pyridine rings is 1. The molecular formula is C16H12BrN. The highest BCUT2D eigenvalue weighted by atomic mass is 79.9. The average Bonchev–Trinajstić information content (AvgIpc) is 2.44. The maximum absolute atomic E-state index is 4.78. The van der Waals surface area contributed by atoms with E-state index in [1.165, 1.54) is 5.56 Å². The molecule has 0 saturated heterocycles. The van der Waals surface area contributed by atoms with Crippen molar-refractivity contribution in [3.05, 3.63) is 64.6 Å². The zero-order chi connectivity index (χ0) is 12.5. The van der Waals surface area contributed by atoms with Crippen LogP contribution in [-0.2, 0) is 0 Å². The Kier molecular flexibility index (Phi) is 2.88. The van der Waals surface area contributed by atoms with Crippen molar-refractivity contribution in [2.24, 2.45) is 0 Å². The van der Waals surface area contributed by atoms with E-state index in [2.05, 4.69) is 41.1 Å². The molecule has 0 unspecified atom stereocenters. The number of nitrogens with zero attached hydrogens (tertiary/aromatic N) is 1. The molecule has 0 bridgehead atoms. The molecule has 18 heavy (non-hydrogen) atoms. The predicted octanol–water partition coefficient (Wildman–Crippen LogP) is 4.97. The van der Waals surface area contributed by atoms with Gasteiger partial charge in [-0.2, -0.15) is 0 Å². The summed E-state index contributed by atoms with van der Waals surface area (Å²) >= 11 is 3.69. The molecule has 0 N–H and O–H groups in total. The van der Waals surface area contributed by atoms with Crippen molar-refractivity contribution >= 4 is 26.8 Å². The lowest BCUT2D eigenvalue weighted by molar-refractivity contribution is 1.31. The highest BCUT2D eigenvalue weighted by Gasteiger charge is 2.10. The lowest BCUT2D eigenvalue weighted by atomic mass is 10.0. The third-order valence-corrected chi connectivity index (χ3v) is 4.13. The summed E-state index contributed by atoms with van der Waals surface area (Å²) in [6.45, 7) is 2.10. The first-order chi connectivity index (χ1) is 8.77. The Morgan fingerprint density at radius 2 is 1.56 bits per heavy atom. The van der Waals surface area contributed by atoms with Gasteiger partial charge in [-0.25, -0.2) is 4.98 Å². The topological polar surface area (TPSA) is 12.9 Å². The molecule has 3 aromatic rings. The molecule has 3 rings (SSSR count). The molecule has 1 aromatic heterocycles. The lowest BCUT2D eigenvalue weighted by Crippen LogP contribution is -1.92. The Morgan fingerprint density at radius 1 is 0.889 bits per heavy atom. The molecule has 2 heteroatoms. The summed E-state index contributed by atoms with van der Waals surface area (Å²) in [5.41, 5.74) is 4.40. The molecule has 0 amide bonds. The fraction of sp³-hybridized carbons (Fsp3) is 0.0625. The van der Waals surface area contributed by atoms with Crippen LogP contribution in [0.3, 0.4) is 0 Å². The molecule has 0 spiro atoms. The molecule has 1 nitrogen and oxygen atoms in total. The first kappa shape index (κ1) is 11.4. The maximum atomic E-state index is 4.78. The molecule has 0 aliphatic heterocycles. The summed E-state index contributed by atoms with van der Waals surface area (Å²) in [6, 6.07) is 18.5. The quantitative estimate of drug-likeness (QED) is 0.618. The van der Waals surface area contributed by atoms with Crippen LogP contribution in [0.4, 0.5) is 0 Å². The van der Waals surface area contributed by atoms with Crippen LogP contribution in [0, 0.1) is 6.92 Å². The normalized spacial score (nSPS) is 10.8. The van der Waals surface area contributed by atoms with Gasteiger partial charge in [0.15, 0.2) is 0 Å². The number of hydrogen-bond donors (Lipinski definition) is 0. The van der Waals surface area contributed by atoms with E-state index in [1.54, 1.807) is 0 Å². The van der Waals surface area contributed by atoms with Gasteiger partial charge in [0.1, 0.15) is 0 Å². The van der Waals surface area contributed by atoms with Gasteiger partial charge in [0.2, 0.25) is 0 Å². The summed E-state index contributed by atoms with van der Waals surface area (Å²) in [4.78, 5) is 4.78. The van der Waals surface area contributed by atoms with Crippen molar-refractivity contribution in [3.63, 3.8) is 0 Å². The van der Waals surface area contributed by atoms with Crippen LogP contribution in [0.5, 0.6) is 0 Å². The van der Waals surface area contributed by atoms with Gasteiger partial charge in [0.25, 0.3) is 0 Å². The van der Waals surface area contributed by atoms with Gasteiger partial charge in [0, 0.05) is 15.4 Å². The number of halogens is 1. The Morgan fingerprint density at radius 3 is 2.33 bits per heavy atom. The maximum Gasteiger partial charge on any atom is 0.0750 e. The SMILES string of the molecule is Cc1c(-c2ccccc2)nc2ccccc2c1Br. The first-order valence-corrected chi connectivity index (χ1v) is 6.67. The van der Waals surface area contributed by atoms with E-state index in [1.807, 2.05) is 36.4 Å². The number of benzene rings is 2. The number of hydrogen-bond acceptors (Lipinski definition) is 1. The van der Waals surface area contributed by atoms with Crippen molar-refractivity contribution in [1.82, 2.24) is 4.98 Å². The highest BCUT2D eigenvalue weighted by Crippen LogP contribution is 2.32. The molecule has 0 atom stereocenters. The molecule has 0 radical (unpaired) electrons. The molecule has 0 fully saturated rings. The van der Waals surface area contributed by atoms with Crippen LogP contribution >= 0.6 is 15.9 Å². The molecule has 0 aliphatic rings. The Labute approximate surface area is 115 Å². The predicted molar refractivity (Wildman–Crippen MR) is 79.6 cm³/mol. The molecule has 0 saturated carbocycles. The molecule has 88 valence electrons. The van der Waals surface area contributed by atoms with Crippen LogP contribution in [0.25, 0.3) is 22.2 Å². The number of fused-ring (bicyclic) bond motifs is 1. The van der Waals surface area contributed by atoms with Crippen LogP contribution in [0.15, 0.2) is 59.1 Å². The lowest BCUT2D eigenvalue weighted by Gasteiger charge is -2.10. The summed E-state index contributed by atoms with van der Waals surface area (Å²) in [5.74, 6) is 0. The van der Waals surface area contributed by atoms with Crippen LogP contribution in [0.1, 0.15) is 5.56 Å². The molecule has 1 heterocycles. The Hall–Kier alpha value is -1.67. The minimum Gasteiger partial charge on any atom is -0.247 e. The first-order valence-electron chi connectivity index (χ1n) is 5.87. The van der Waals surface area contributed by atoms with Crippen molar-refractivity contribution in [3.8, 4) is 11.3 Å². The Balaban J connectivity index is 2.34. The second-order valence-electron chi connectivity index (χ2n) is 4.28. The van der Waals surface area contributed by atoms with Crippen LogP contribution < -0.4 is 0 Å². The molecular weight excluding hydrogens is 286 g/mol. The van der Waals surface area contributed by atoms with Crippen molar-refractivity contribution in [2.75, 3.05) is 0 Å². The van der Waals surface area contributed by atoms with E-state index in [0.29, 0.717) is 0 Å². The van der Waals surface area contributed by atoms with Crippen molar-refractivity contribution in [2.45, 2.75) is 6.92 Å². The van der Waals surface area contributed by atoms with Gasteiger partial charge in [-0.05, 0) is 34.5 Å². The van der Waals surface area contributed by atoms with Gasteiger partial charge in [0.05, 0.1) is 11.2 Å². The van der Waals surface area contributed by atoms with Gasteiger partial charge < -0.3 is 0 Å². The fourth-order valence-corrected chi connectivity index (χ4v) is 2.67. The van der Waals surface area contributed by atoms with Crippen LogP contribution in [0.2, 0.25) is 0 Å². The zero-order valence-corrected chi connectivity index (χ0v) is 11.6. The second kappa shape index (κ2) is 4.54. The summed E-state index contributed by atoms with van der Waals surface area (Å²) in [5, 5.41) is 1.16.